The van der Waals surface area contributed by atoms with Gasteiger partial charge in [-0.05, 0) is 18.2 Å². The van der Waals surface area contributed by atoms with Crippen molar-refractivity contribution in [2.75, 3.05) is 26.0 Å². The molecule has 0 radical (unpaired) electrons. The van der Waals surface area contributed by atoms with Crippen LogP contribution in [0, 0.1) is 0 Å². The van der Waals surface area contributed by atoms with Gasteiger partial charge in [0.2, 0.25) is 0 Å². The average Bonchev–Trinajstić information content (AvgIpc) is 2.17. The van der Waals surface area contributed by atoms with E-state index in [9.17, 15) is 4.79 Å². The van der Waals surface area contributed by atoms with Crippen molar-refractivity contribution in [1.82, 2.24) is 5.32 Å². The highest BCUT2D eigenvalue weighted by Crippen LogP contribution is 2.18. The van der Waals surface area contributed by atoms with E-state index in [1.54, 1.807) is 25.3 Å². The lowest BCUT2D eigenvalue weighted by Gasteiger charge is -2.07. The number of ether oxygens (including phenoxy) is 1. The molecule has 82 valence electrons. The number of nitrogens with one attached hydrogen (secondary N) is 1. The van der Waals surface area contributed by atoms with Crippen molar-refractivity contribution in [3.8, 4) is 0 Å². The van der Waals surface area contributed by atoms with Crippen LogP contribution in [0.15, 0.2) is 22.7 Å². The Kier molecular flexibility index (Phi) is 4.58. The molecule has 0 spiro atoms. The molecule has 0 aliphatic rings. The Bertz CT molecular complexity index is 355. The third kappa shape index (κ3) is 3.53. The highest BCUT2D eigenvalue weighted by atomic mass is 79.9. The first kappa shape index (κ1) is 12.0. The van der Waals surface area contributed by atoms with Gasteiger partial charge in [0.1, 0.15) is 0 Å². The maximum absolute atomic E-state index is 11.6. The van der Waals surface area contributed by atoms with Crippen LogP contribution in [-0.2, 0) is 4.74 Å². The van der Waals surface area contributed by atoms with Gasteiger partial charge < -0.3 is 15.8 Å². The topological polar surface area (TPSA) is 64.3 Å². The normalized spacial score (nSPS) is 10.0. The van der Waals surface area contributed by atoms with Crippen LogP contribution in [0.4, 0.5) is 5.69 Å². The molecular formula is C10H13BrN2O2. The van der Waals surface area contributed by atoms with Crippen molar-refractivity contribution in [2.45, 2.75) is 0 Å². The fourth-order valence-corrected chi connectivity index (χ4v) is 1.48. The van der Waals surface area contributed by atoms with Crippen LogP contribution >= 0.6 is 15.9 Å². The number of nitrogen functional groups attached to an aromatic ring is 1. The Labute approximate surface area is 96.9 Å². The van der Waals surface area contributed by atoms with Crippen LogP contribution in [0.2, 0.25) is 0 Å². The molecule has 3 N–H and O–H groups in total. The van der Waals surface area contributed by atoms with Gasteiger partial charge in [0.05, 0.1) is 12.2 Å². The molecule has 5 heteroatoms. The summed E-state index contributed by atoms with van der Waals surface area (Å²) in [6.07, 6.45) is 0. The lowest BCUT2D eigenvalue weighted by molar-refractivity contribution is 0.0938. The van der Waals surface area contributed by atoms with Crippen LogP contribution in [-0.4, -0.2) is 26.2 Å². The Morgan fingerprint density at radius 1 is 1.60 bits per heavy atom. The Morgan fingerprint density at radius 2 is 2.33 bits per heavy atom. The molecule has 0 atom stereocenters. The van der Waals surface area contributed by atoms with E-state index >= 15 is 0 Å². The molecule has 0 saturated carbocycles. The summed E-state index contributed by atoms with van der Waals surface area (Å²) in [5, 5.41) is 2.70. The molecule has 0 aliphatic carbocycles. The minimum Gasteiger partial charge on any atom is -0.398 e. The largest absolute Gasteiger partial charge is 0.398 e. The number of hydrogen-bond acceptors (Lipinski definition) is 3. The van der Waals surface area contributed by atoms with Crippen LogP contribution in [0.1, 0.15) is 10.4 Å². The van der Waals surface area contributed by atoms with Crippen LogP contribution in [0.25, 0.3) is 0 Å². The molecular weight excluding hydrogens is 260 g/mol. The SMILES string of the molecule is COCCNC(=O)c1ccc(Br)cc1N. The monoisotopic (exact) mass is 272 g/mol. The molecule has 1 amide bonds. The van der Waals surface area contributed by atoms with Crippen molar-refractivity contribution >= 4 is 27.5 Å². The van der Waals surface area contributed by atoms with Gasteiger partial charge in [0.25, 0.3) is 5.91 Å². The van der Waals surface area contributed by atoms with E-state index in [2.05, 4.69) is 21.2 Å². The van der Waals surface area contributed by atoms with E-state index in [0.717, 1.165) is 4.47 Å². The van der Waals surface area contributed by atoms with E-state index in [-0.39, 0.29) is 5.91 Å². The summed E-state index contributed by atoms with van der Waals surface area (Å²) in [7, 11) is 1.58. The lowest BCUT2D eigenvalue weighted by atomic mass is 10.1. The smallest absolute Gasteiger partial charge is 0.253 e. The van der Waals surface area contributed by atoms with E-state index in [1.807, 2.05) is 0 Å². The fraction of sp³-hybridized carbons (Fsp3) is 0.300. The van der Waals surface area contributed by atoms with E-state index in [1.165, 1.54) is 0 Å². The number of nitrogens with two attached hydrogens (primary N) is 1. The number of anilines is 1. The zero-order valence-electron chi connectivity index (χ0n) is 8.42. The standard InChI is InChI=1S/C10H13BrN2O2/c1-15-5-4-13-10(14)8-3-2-7(11)6-9(8)12/h2-3,6H,4-5,12H2,1H3,(H,13,14). The maximum Gasteiger partial charge on any atom is 0.253 e. The summed E-state index contributed by atoms with van der Waals surface area (Å²) in [4.78, 5) is 11.6. The number of rotatable bonds is 4. The number of amides is 1. The second kappa shape index (κ2) is 5.72. The van der Waals surface area contributed by atoms with Crippen molar-refractivity contribution in [3.05, 3.63) is 28.2 Å². The summed E-state index contributed by atoms with van der Waals surface area (Å²) in [6.45, 7) is 0.965. The van der Waals surface area contributed by atoms with Gasteiger partial charge in [-0.1, -0.05) is 15.9 Å². The van der Waals surface area contributed by atoms with Crippen molar-refractivity contribution in [3.63, 3.8) is 0 Å². The van der Waals surface area contributed by atoms with Crippen molar-refractivity contribution in [1.29, 1.82) is 0 Å². The summed E-state index contributed by atoms with van der Waals surface area (Å²) < 4.78 is 5.68. The first-order valence-corrected chi connectivity index (χ1v) is 5.26. The minimum absolute atomic E-state index is 0.183. The first-order chi connectivity index (χ1) is 7.15. The van der Waals surface area contributed by atoms with Gasteiger partial charge in [0, 0.05) is 23.8 Å². The van der Waals surface area contributed by atoms with Gasteiger partial charge >= 0.3 is 0 Å². The van der Waals surface area contributed by atoms with E-state index in [0.29, 0.717) is 24.4 Å². The molecule has 0 aromatic heterocycles. The van der Waals surface area contributed by atoms with Gasteiger partial charge in [-0.25, -0.2) is 0 Å². The summed E-state index contributed by atoms with van der Waals surface area (Å²) in [6, 6.07) is 5.16. The van der Waals surface area contributed by atoms with Crippen molar-refractivity contribution < 1.29 is 9.53 Å². The molecule has 15 heavy (non-hydrogen) atoms. The number of halogens is 1. The van der Waals surface area contributed by atoms with Crippen molar-refractivity contribution in [2.24, 2.45) is 0 Å². The van der Waals surface area contributed by atoms with Gasteiger partial charge in [-0.15, -0.1) is 0 Å². The molecule has 0 aliphatic heterocycles. The maximum atomic E-state index is 11.6. The molecule has 4 nitrogen and oxygen atoms in total. The lowest BCUT2D eigenvalue weighted by Crippen LogP contribution is -2.27. The predicted octanol–water partition coefficient (Wildman–Crippen LogP) is 1.41. The summed E-state index contributed by atoms with van der Waals surface area (Å²) in [5.41, 5.74) is 6.64. The average molecular weight is 273 g/mol. The number of carbonyl (C=O) groups is 1. The van der Waals surface area contributed by atoms with Gasteiger partial charge in [-0.2, -0.15) is 0 Å². The molecule has 0 bridgehead atoms. The zero-order chi connectivity index (χ0) is 11.3. The minimum atomic E-state index is -0.183. The van der Waals surface area contributed by atoms with E-state index in [4.69, 9.17) is 10.5 Å². The number of methoxy groups -OCH3 is 1. The fourth-order valence-electron chi connectivity index (χ4n) is 1.10. The number of hydrogen-bond donors (Lipinski definition) is 2. The first-order valence-electron chi connectivity index (χ1n) is 4.47. The van der Waals surface area contributed by atoms with Gasteiger partial charge in [0.15, 0.2) is 0 Å². The second-order valence-electron chi connectivity index (χ2n) is 2.98. The Morgan fingerprint density at radius 3 is 2.93 bits per heavy atom. The molecule has 0 saturated heterocycles. The zero-order valence-corrected chi connectivity index (χ0v) is 10.0. The number of carbonyl (C=O) groups excluding carboxylic acids is 1. The molecule has 0 fully saturated rings. The highest BCUT2D eigenvalue weighted by Gasteiger charge is 2.08. The quantitative estimate of drug-likeness (QED) is 0.644. The molecule has 1 aromatic carbocycles. The number of benzene rings is 1. The second-order valence-corrected chi connectivity index (χ2v) is 3.90. The Hall–Kier alpha value is -1.07. The van der Waals surface area contributed by atoms with Crippen LogP contribution in [0.5, 0.6) is 0 Å². The molecule has 1 aromatic rings. The van der Waals surface area contributed by atoms with Gasteiger partial charge in [-0.3, -0.25) is 4.79 Å². The third-order valence-electron chi connectivity index (χ3n) is 1.85. The molecule has 0 unspecified atom stereocenters. The third-order valence-corrected chi connectivity index (χ3v) is 2.34. The van der Waals surface area contributed by atoms with Crippen LogP contribution in [0.3, 0.4) is 0 Å². The highest BCUT2D eigenvalue weighted by molar-refractivity contribution is 9.10. The summed E-state index contributed by atoms with van der Waals surface area (Å²) >= 11 is 3.28. The van der Waals surface area contributed by atoms with E-state index < -0.39 is 0 Å². The predicted molar refractivity (Wildman–Crippen MR) is 62.8 cm³/mol. The van der Waals surface area contributed by atoms with Crippen LogP contribution < -0.4 is 11.1 Å². The Balaban J connectivity index is 2.65. The molecule has 1 rings (SSSR count). The summed E-state index contributed by atoms with van der Waals surface area (Å²) in [5.74, 6) is -0.183. The molecule has 0 heterocycles.